The SMILES string of the molecule is C=C=C(F)C(F)(F)C(F)(F)F.FC(F)=C(F)Cl. The van der Waals surface area contributed by atoms with Crippen molar-refractivity contribution in [1.29, 1.82) is 0 Å². The summed E-state index contributed by atoms with van der Waals surface area (Å²) in [6.07, 6.45) is -8.40. The first-order chi connectivity index (χ1) is 7.37. The molecule has 0 rings (SSSR count). The summed E-state index contributed by atoms with van der Waals surface area (Å²) in [5.74, 6) is -8.20. The van der Waals surface area contributed by atoms with E-state index in [1.807, 2.05) is 0 Å². The van der Waals surface area contributed by atoms with Crippen LogP contribution in [0.15, 0.2) is 29.5 Å². The van der Waals surface area contributed by atoms with Crippen molar-refractivity contribution in [3.8, 4) is 0 Å². The molecular weight excluding hydrogens is 291 g/mol. The van der Waals surface area contributed by atoms with Crippen molar-refractivity contribution < 1.29 is 39.5 Å². The topological polar surface area (TPSA) is 0 Å². The molecule has 0 aromatic rings. The molecule has 0 saturated carbocycles. The number of hydrogen-bond acceptors (Lipinski definition) is 0. The Bertz CT molecular complexity index is 316. The van der Waals surface area contributed by atoms with Crippen LogP contribution in [0.2, 0.25) is 0 Å². The van der Waals surface area contributed by atoms with E-state index in [1.165, 1.54) is 0 Å². The summed E-state index contributed by atoms with van der Waals surface area (Å²) in [7, 11) is 0. The summed E-state index contributed by atoms with van der Waals surface area (Å²) in [5.41, 5.74) is 0.842. The van der Waals surface area contributed by atoms with Gasteiger partial charge in [-0.3, -0.25) is 0 Å². The summed E-state index contributed by atoms with van der Waals surface area (Å²) in [4.78, 5) is 0. The van der Waals surface area contributed by atoms with E-state index in [0.29, 0.717) is 0 Å². The van der Waals surface area contributed by atoms with Crippen molar-refractivity contribution in [2.45, 2.75) is 12.1 Å². The third-order valence-electron chi connectivity index (χ3n) is 0.930. The van der Waals surface area contributed by atoms with Gasteiger partial charge in [-0.1, -0.05) is 12.3 Å². The second-order valence-electron chi connectivity index (χ2n) is 2.08. The van der Waals surface area contributed by atoms with E-state index in [-0.39, 0.29) is 0 Å². The van der Waals surface area contributed by atoms with Crippen molar-refractivity contribution >= 4 is 11.6 Å². The minimum Gasteiger partial charge on any atom is -0.196 e. The van der Waals surface area contributed by atoms with Gasteiger partial charge >= 0.3 is 18.2 Å². The molecule has 0 aliphatic heterocycles. The first kappa shape index (κ1) is 18.3. The van der Waals surface area contributed by atoms with Crippen molar-refractivity contribution in [2.75, 3.05) is 0 Å². The Balaban J connectivity index is 0. The van der Waals surface area contributed by atoms with Crippen LogP contribution in [0.1, 0.15) is 0 Å². The number of alkyl halides is 5. The standard InChI is InChI=1S/C5H2F6.C2ClF3/c1-2-3(6)4(7,8)5(9,10)11;3-1(4)2(5)6/h1H2;. The van der Waals surface area contributed by atoms with Crippen LogP contribution in [-0.4, -0.2) is 12.1 Å². The van der Waals surface area contributed by atoms with Crippen molar-refractivity contribution in [1.82, 2.24) is 0 Å². The maximum absolute atomic E-state index is 11.7. The zero-order valence-electron chi connectivity index (χ0n) is 7.49. The summed E-state index contributed by atoms with van der Waals surface area (Å²) in [6.45, 7) is 2.32. The van der Waals surface area contributed by atoms with E-state index < -0.39 is 29.3 Å². The Hall–Kier alpha value is -1.08. The Labute approximate surface area is 93.7 Å². The molecule has 0 bridgehead atoms. The molecule has 0 aromatic carbocycles. The molecule has 0 radical (unpaired) electrons. The lowest BCUT2D eigenvalue weighted by Gasteiger charge is -2.15. The van der Waals surface area contributed by atoms with Crippen molar-refractivity contribution in [3.05, 3.63) is 29.5 Å². The van der Waals surface area contributed by atoms with Gasteiger partial charge < -0.3 is 0 Å². The van der Waals surface area contributed by atoms with Crippen LogP contribution in [0.3, 0.4) is 0 Å². The second-order valence-corrected chi connectivity index (χ2v) is 2.42. The molecule has 0 aromatic heterocycles. The molecule has 0 fully saturated rings. The Morgan fingerprint density at radius 1 is 0.941 bits per heavy atom. The van der Waals surface area contributed by atoms with Gasteiger partial charge in [-0.25, -0.2) is 0 Å². The highest BCUT2D eigenvalue weighted by Gasteiger charge is 2.61. The molecule has 0 N–H and O–H groups in total. The molecule has 0 nitrogen and oxygen atoms in total. The van der Waals surface area contributed by atoms with Crippen molar-refractivity contribution in [2.24, 2.45) is 0 Å². The minimum atomic E-state index is -5.93. The fraction of sp³-hybridized carbons (Fsp3) is 0.286. The van der Waals surface area contributed by atoms with Gasteiger partial charge in [0, 0.05) is 0 Å². The molecule has 0 aliphatic rings. The first-order valence-electron chi connectivity index (χ1n) is 3.24. The normalized spacial score (nSPS) is 10.9. The number of allylic oxidation sites excluding steroid dienone is 1. The molecule has 17 heavy (non-hydrogen) atoms. The van der Waals surface area contributed by atoms with Crippen molar-refractivity contribution in [3.63, 3.8) is 0 Å². The Morgan fingerprint density at radius 2 is 1.24 bits per heavy atom. The van der Waals surface area contributed by atoms with Gasteiger partial charge in [0.25, 0.3) is 5.29 Å². The molecule has 0 saturated heterocycles. The lowest BCUT2D eigenvalue weighted by molar-refractivity contribution is -0.270. The number of hydrogen-bond donors (Lipinski definition) is 0. The smallest absolute Gasteiger partial charge is 0.196 e. The zero-order chi connectivity index (χ0) is 14.4. The summed E-state index contributed by atoms with van der Waals surface area (Å²) in [6, 6.07) is 0. The van der Waals surface area contributed by atoms with E-state index in [2.05, 4.69) is 18.2 Å². The third-order valence-corrected chi connectivity index (χ3v) is 1.07. The fourth-order valence-electron chi connectivity index (χ4n) is 0.235. The molecule has 100 valence electrons. The van der Waals surface area contributed by atoms with Crippen LogP contribution >= 0.6 is 11.6 Å². The lowest BCUT2D eigenvalue weighted by Crippen LogP contribution is -2.36. The van der Waals surface area contributed by atoms with E-state index in [4.69, 9.17) is 0 Å². The van der Waals surface area contributed by atoms with Gasteiger partial charge in [-0.2, -0.15) is 39.5 Å². The molecule has 0 aliphatic carbocycles. The lowest BCUT2D eigenvalue weighted by atomic mass is 10.3. The summed E-state index contributed by atoms with van der Waals surface area (Å²) >= 11 is 4.08. The van der Waals surface area contributed by atoms with Gasteiger partial charge in [0.15, 0.2) is 0 Å². The average molecular weight is 293 g/mol. The average Bonchev–Trinajstić information content (AvgIpc) is 2.15. The maximum Gasteiger partial charge on any atom is 0.461 e. The Morgan fingerprint density at radius 3 is 1.29 bits per heavy atom. The molecule has 10 heteroatoms. The van der Waals surface area contributed by atoms with E-state index in [9.17, 15) is 39.5 Å². The third kappa shape index (κ3) is 6.28. The van der Waals surface area contributed by atoms with Crippen LogP contribution < -0.4 is 0 Å². The van der Waals surface area contributed by atoms with Gasteiger partial charge in [0.2, 0.25) is 5.83 Å². The summed E-state index contributed by atoms with van der Waals surface area (Å²) < 4.78 is 100. The van der Waals surface area contributed by atoms with E-state index >= 15 is 0 Å². The summed E-state index contributed by atoms with van der Waals surface area (Å²) in [5, 5.41) is -1.94. The number of halogens is 10. The number of rotatable bonds is 1. The Kier molecular flexibility index (Phi) is 7.11. The molecular formula is C7H2ClF9. The van der Waals surface area contributed by atoms with Crippen LogP contribution in [0.25, 0.3) is 0 Å². The van der Waals surface area contributed by atoms with Gasteiger partial charge in [-0.15, -0.1) is 0 Å². The zero-order valence-corrected chi connectivity index (χ0v) is 8.24. The molecule has 0 heterocycles. The molecule has 0 unspecified atom stereocenters. The maximum atomic E-state index is 11.7. The highest BCUT2D eigenvalue weighted by atomic mass is 35.5. The quantitative estimate of drug-likeness (QED) is 0.467. The monoisotopic (exact) mass is 292 g/mol. The highest BCUT2D eigenvalue weighted by Crippen LogP contribution is 2.40. The van der Waals surface area contributed by atoms with Crippen LogP contribution in [0.5, 0.6) is 0 Å². The fourth-order valence-corrected chi connectivity index (χ4v) is 0.235. The van der Waals surface area contributed by atoms with Gasteiger partial charge in [0.05, 0.1) is 0 Å². The van der Waals surface area contributed by atoms with Gasteiger partial charge in [0.1, 0.15) is 0 Å². The van der Waals surface area contributed by atoms with Crippen LogP contribution in [0.4, 0.5) is 39.5 Å². The van der Waals surface area contributed by atoms with Crippen LogP contribution in [-0.2, 0) is 0 Å². The largest absolute Gasteiger partial charge is 0.461 e. The van der Waals surface area contributed by atoms with E-state index in [1.54, 1.807) is 0 Å². The second kappa shape index (κ2) is 6.61. The van der Waals surface area contributed by atoms with Crippen LogP contribution in [0, 0.1) is 0 Å². The predicted octanol–water partition coefficient (Wildman–Crippen LogP) is 5.08. The van der Waals surface area contributed by atoms with Gasteiger partial charge in [-0.05, 0) is 11.6 Å². The molecule has 0 atom stereocenters. The predicted molar refractivity (Wildman–Crippen MR) is 41.0 cm³/mol. The first-order valence-corrected chi connectivity index (χ1v) is 3.62. The molecule has 0 spiro atoms. The molecule has 0 amide bonds. The minimum absolute atomic E-state index is 0.842. The van der Waals surface area contributed by atoms with E-state index in [0.717, 1.165) is 5.73 Å². The highest BCUT2D eigenvalue weighted by molar-refractivity contribution is 6.28.